The first-order valence-corrected chi connectivity index (χ1v) is 7.10. The standard InChI is InChI=1S/C17H15ClN2O/c1-20-16-5-3-2-4-14(16)15(10-17(20)21)19-11-12-6-8-13(18)9-7-12/h2-10,19H,11H2,1H3. The van der Waals surface area contributed by atoms with Gasteiger partial charge in [0.25, 0.3) is 5.56 Å². The van der Waals surface area contributed by atoms with Crippen LogP contribution < -0.4 is 10.9 Å². The van der Waals surface area contributed by atoms with Gasteiger partial charge in [0.1, 0.15) is 0 Å². The monoisotopic (exact) mass is 298 g/mol. The van der Waals surface area contributed by atoms with Crippen molar-refractivity contribution in [3.8, 4) is 0 Å². The maximum atomic E-state index is 12.0. The molecule has 106 valence electrons. The number of halogens is 1. The Morgan fingerprint density at radius 3 is 2.57 bits per heavy atom. The van der Waals surface area contributed by atoms with Gasteiger partial charge in [0.15, 0.2) is 0 Å². The van der Waals surface area contributed by atoms with Crippen LogP contribution in [0.15, 0.2) is 59.4 Å². The minimum absolute atomic E-state index is 0.0210. The molecule has 0 spiro atoms. The van der Waals surface area contributed by atoms with Gasteiger partial charge in [-0.2, -0.15) is 0 Å². The third kappa shape index (κ3) is 2.78. The molecule has 0 radical (unpaired) electrons. The molecule has 1 N–H and O–H groups in total. The first kappa shape index (κ1) is 13.7. The number of aromatic nitrogens is 1. The Morgan fingerprint density at radius 1 is 1.10 bits per heavy atom. The molecule has 3 rings (SSSR count). The molecule has 1 heterocycles. The number of nitrogens with one attached hydrogen (secondary N) is 1. The number of aryl methyl sites for hydroxylation is 1. The Hall–Kier alpha value is -2.26. The molecule has 0 aliphatic carbocycles. The number of fused-ring (bicyclic) bond motifs is 1. The molecule has 1 aromatic heterocycles. The van der Waals surface area contributed by atoms with E-state index in [2.05, 4.69) is 5.32 Å². The number of hydrogen-bond donors (Lipinski definition) is 1. The third-order valence-corrected chi connectivity index (χ3v) is 3.80. The average Bonchev–Trinajstić information content (AvgIpc) is 2.51. The normalized spacial score (nSPS) is 10.8. The van der Waals surface area contributed by atoms with Crippen molar-refractivity contribution >= 4 is 28.2 Å². The van der Waals surface area contributed by atoms with Crippen molar-refractivity contribution in [3.63, 3.8) is 0 Å². The average molecular weight is 299 g/mol. The molecular weight excluding hydrogens is 284 g/mol. The zero-order valence-electron chi connectivity index (χ0n) is 11.6. The van der Waals surface area contributed by atoms with E-state index in [4.69, 9.17) is 11.6 Å². The SMILES string of the molecule is Cn1c(=O)cc(NCc2ccc(Cl)cc2)c2ccccc21. The predicted octanol–water partition coefficient (Wildman–Crippen LogP) is 3.80. The quantitative estimate of drug-likeness (QED) is 0.798. The number of rotatable bonds is 3. The fourth-order valence-electron chi connectivity index (χ4n) is 2.36. The van der Waals surface area contributed by atoms with Crippen molar-refractivity contribution in [2.24, 2.45) is 7.05 Å². The lowest BCUT2D eigenvalue weighted by molar-refractivity contribution is 0.905. The molecule has 0 amide bonds. The molecule has 3 aromatic rings. The second kappa shape index (κ2) is 5.62. The van der Waals surface area contributed by atoms with E-state index in [0.29, 0.717) is 6.54 Å². The highest BCUT2D eigenvalue weighted by Gasteiger charge is 2.05. The van der Waals surface area contributed by atoms with E-state index in [-0.39, 0.29) is 5.56 Å². The molecule has 0 fully saturated rings. The summed E-state index contributed by atoms with van der Waals surface area (Å²) < 4.78 is 1.66. The number of pyridine rings is 1. The second-order valence-corrected chi connectivity index (χ2v) is 5.39. The van der Waals surface area contributed by atoms with E-state index in [9.17, 15) is 4.79 Å². The first-order valence-electron chi connectivity index (χ1n) is 6.72. The highest BCUT2D eigenvalue weighted by Crippen LogP contribution is 2.21. The Labute approximate surface area is 127 Å². The van der Waals surface area contributed by atoms with Gasteiger partial charge in [-0.05, 0) is 23.8 Å². The number of nitrogens with zero attached hydrogens (tertiary/aromatic N) is 1. The topological polar surface area (TPSA) is 34.0 Å². The van der Waals surface area contributed by atoms with Crippen molar-refractivity contribution in [2.75, 3.05) is 5.32 Å². The Kier molecular flexibility index (Phi) is 3.67. The molecule has 0 aliphatic rings. The van der Waals surface area contributed by atoms with E-state index < -0.39 is 0 Å². The van der Waals surface area contributed by atoms with Crippen LogP contribution in [-0.2, 0) is 13.6 Å². The van der Waals surface area contributed by atoms with E-state index in [1.54, 1.807) is 17.7 Å². The van der Waals surface area contributed by atoms with E-state index >= 15 is 0 Å². The molecule has 0 atom stereocenters. The number of para-hydroxylation sites is 1. The largest absolute Gasteiger partial charge is 0.380 e. The maximum absolute atomic E-state index is 12.0. The molecular formula is C17H15ClN2O. The van der Waals surface area contributed by atoms with Crippen LogP contribution in [0.5, 0.6) is 0 Å². The lowest BCUT2D eigenvalue weighted by Crippen LogP contribution is -2.17. The molecule has 0 unspecified atom stereocenters. The fourth-order valence-corrected chi connectivity index (χ4v) is 2.48. The summed E-state index contributed by atoms with van der Waals surface area (Å²) >= 11 is 5.88. The van der Waals surface area contributed by atoms with E-state index in [1.165, 1.54) is 0 Å². The van der Waals surface area contributed by atoms with Crippen LogP contribution in [0, 0.1) is 0 Å². The van der Waals surface area contributed by atoms with E-state index in [1.807, 2.05) is 48.5 Å². The van der Waals surface area contributed by atoms with Gasteiger partial charge in [0.05, 0.1) is 5.52 Å². The van der Waals surface area contributed by atoms with Crippen LogP contribution in [0.4, 0.5) is 5.69 Å². The summed E-state index contributed by atoms with van der Waals surface area (Å²) in [4.78, 5) is 12.0. The predicted molar refractivity (Wildman–Crippen MR) is 88.0 cm³/mol. The van der Waals surface area contributed by atoms with Crippen LogP contribution in [0.3, 0.4) is 0 Å². The Balaban J connectivity index is 1.95. The van der Waals surface area contributed by atoms with Gasteiger partial charge in [-0.3, -0.25) is 4.79 Å². The molecule has 21 heavy (non-hydrogen) atoms. The Bertz CT molecular complexity index is 838. The third-order valence-electron chi connectivity index (χ3n) is 3.55. The number of anilines is 1. The molecule has 0 bridgehead atoms. The molecule has 0 saturated heterocycles. The van der Waals surface area contributed by atoms with Gasteiger partial charge < -0.3 is 9.88 Å². The first-order chi connectivity index (χ1) is 10.1. The smallest absolute Gasteiger partial charge is 0.252 e. The van der Waals surface area contributed by atoms with Gasteiger partial charge in [-0.15, -0.1) is 0 Å². The van der Waals surface area contributed by atoms with Gasteiger partial charge >= 0.3 is 0 Å². The minimum Gasteiger partial charge on any atom is -0.380 e. The summed E-state index contributed by atoms with van der Waals surface area (Å²) in [6.45, 7) is 0.647. The van der Waals surface area contributed by atoms with Gasteiger partial charge in [-0.1, -0.05) is 41.9 Å². The van der Waals surface area contributed by atoms with Gasteiger partial charge in [-0.25, -0.2) is 0 Å². The summed E-state index contributed by atoms with van der Waals surface area (Å²) in [5.74, 6) is 0. The summed E-state index contributed by atoms with van der Waals surface area (Å²) in [6.07, 6.45) is 0. The lowest BCUT2D eigenvalue weighted by Gasteiger charge is -2.12. The molecule has 2 aromatic carbocycles. The van der Waals surface area contributed by atoms with Crippen molar-refractivity contribution in [3.05, 3.63) is 75.5 Å². The van der Waals surface area contributed by atoms with Crippen LogP contribution in [0.25, 0.3) is 10.9 Å². The summed E-state index contributed by atoms with van der Waals surface area (Å²) in [6, 6.07) is 17.2. The molecule has 0 aliphatic heterocycles. The van der Waals surface area contributed by atoms with Gasteiger partial charge in [0, 0.05) is 35.8 Å². The minimum atomic E-state index is -0.0210. The van der Waals surface area contributed by atoms with Crippen molar-refractivity contribution in [1.29, 1.82) is 0 Å². The van der Waals surface area contributed by atoms with Crippen molar-refractivity contribution in [2.45, 2.75) is 6.54 Å². The van der Waals surface area contributed by atoms with Crippen molar-refractivity contribution in [1.82, 2.24) is 4.57 Å². The van der Waals surface area contributed by atoms with Crippen molar-refractivity contribution < 1.29 is 0 Å². The Morgan fingerprint density at radius 2 is 1.81 bits per heavy atom. The molecule has 4 heteroatoms. The zero-order chi connectivity index (χ0) is 14.8. The summed E-state index contributed by atoms with van der Waals surface area (Å²) in [7, 11) is 1.79. The van der Waals surface area contributed by atoms with Crippen LogP contribution in [-0.4, -0.2) is 4.57 Å². The number of benzene rings is 2. The highest BCUT2D eigenvalue weighted by atomic mass is 35.5. The van der Waals surface area contributed by atoms with E-state index in [0.717, 1.165) is 27.2 Å². The second-order valence-electron chi connectivity index (χ2n) is 4.95. The number of hydrogen-bond acceptors (Lipinski definition) is 2. The lowest BCUT2D eigenvalue weighted by atomic mass is 10.1. The molecule has 3 nitrogen and oxygen atoms in total. The summed E-state index contributed by atoms with van der Waals surface area (Å²) in [5, 5.41) is 5.09. The zero-order valence-corrected chi connectivity index (χ0v) is 12.4. The molecule has 0 saturated carbocycles. The fraction of sp³-hybridized carbons (Fsp3) is 0.118. The van der Waals surface area contributed by atoms with Crippen LogP contribution >= 0.6 is 11.6 Å². The van der Waals surface area contributed by atoms with Crippen LogP contribution in [0.2, 0.25) is 5.02 Å². The van der Waals surface area contributed by atoms with Gasteiger partial charge in [0.2, 0.25) is 0 Å². The summed E-state index contributed by atoms with van der Waals surface area (Å²) in [5.41, 5.74) is 2.86. The maximum Gasteiger partial charge on any atom is 0.252 e. The van der Waals surface area contributed by atoms with Crippen LogP contribution in [0.1, 0.15) is 5.56 Å². The highest BCUT2D eigenvalue weighted by molar-refractivity contribution is 6.30.